The molecule has 0 amide bonds. The van der Waals surface area contributed by atoms with Gasteiger partial charge in [0.1, 0.15) is 0 Å². The molecule has 0 aliphatic carbocycles. The van der Waals surface area contributed by atoms with E-state index in [-0.39, 0.29) is 12.1 Å². The molecule has 0 fully saturated rings. The van der Waals surface area contributed by atoms with Gasteiger partial charge in [0.25, 0.3) is 0 Å². The zero-order chi connectivity index (χ0) is 18.3. The zero-order valence-corrected chi connectivity index (χ0v) is 11.3. The number of alkyl halides is 9. The predicted molar refractivity (Wildman–Crippen MR) is 64.7 cm³/mol. The van der Waals surface area contributed by atoms with Gasteiger partial charge in [-0.2, -0.15) is 39.5 Å². The van der Waals surface area contributed by atoms with Gasteiger partial charge < -0.3 is 0 Å². The molecule has 1 aromatic heterocycles. The summed E-state index contributed by atoms with van der Waals surface area (Å²) in [4.78, 5) is 3.28. The number of rotatable bonds is 1. The van der Waals surface area contributed by atoms with Crippen molar-refractivity contribution in [2.75, 3.05) is 0 Å². The minimum Gasteiger partial charge on any atom is -0.256 e. The van der Waals surface area contributed by atoms with E-state index in [1.165, 1.54) is 0 Å². The lowest BCUT2D eigenvalue weighted by Crippen LogP contribution is -2.14. The standard InChI is InChI=1S/C14H6F9N/c15-12(16,17)7-3-4-8(10(6-7)14(21,22)23)11-9(13(18,19)20)2-1-5-24-11/h1-6H. The molecule has 2 aromatic rings. The second kappa shape index (κ2) is 5.67. The lowest BCUT2D eigenvalue weighted by molar-refractivity contribution is -0.143. The fourth-order valence-electron chi connectivity index (χ4n) is 2.01. The van der Waals surface area contributed by atoms with Gasteiger partial charge in [-0.1, -0.05) is 6.07 Å². The van der Waals surface area contributed by atoms with E-state index >= 15 is 0 Å². The van der Waals surface area contributed by atoms with Crippen LogP contribution in [0.4, 0.5) is 39.5 Å². The first-order valence-corrected chi connectivity index (χ1v) is 6.13. The van der Waals surface area contributed by atoms with Crippen LogP contribution in [0.2, 0.25) is 0 Å². The first kappa shape index (κ1) is 18.1. The third kappa shape index (κ3) is 3.62. The molecule has 1 nitrogen and oxygen atoms in total. The predicted octanol–water partition coefficient (Wildman–Crippen LogP) is 5.81. The molecule has 1 heterocycles. The summed E-state index contributed by atoms with van der Waals surface area (Å²) in [6.45, 7) is 0. The summed E-state index contributed by atoms with van der Waals surface area (Å²) in [5.74, 6) is 0. The molecule has 0 saturated heterocycles. The van der Waals surface area contributed by atoms with Crippen molar-refractivity contribution in [1.82, 2.24) is 4.98 Å². The topological polar surface area (TPSA) is 12.9 Å². The molecule has 0 unspecified atom stereocenters. The van der Waals surface area contributed by atoms with Gasteiger partial charge in [-0.15, -0.1) is 0 Å². The second-order valence-electron chi connectivity index (χ2n) is 4.65. The van der Waals surface area contributed by atoms with Crippen LogP contribution in [0.25, 0.3) is 11.3 Å². The summed E-state index contributed by atoms with van der Waals surface area (Å²) in [7, 11) is 0. The van der Waals surface area contributed by atoms with E-state index in [4.69, 9.17) is 0 Å². The van der Waals surface area contributed by atoms with Crippen molar-refractivity contribution in [3.05, 3.63) is 53.2 Å². The monoisotopic (exact) mass is 359 g/mol. The number of benzene rings is 1. The van der Waals surface area contributed by atoms with E-state index < -0.39 is 46.5 Å². The zero-order valence-electron chi connectivity index (χ0n) is 11.3. The third-order valence-electron chi connectivity index (χ3n) is 3.02. The smallest absolute Gasteiger partial charge is 0.256 e. The summed E-state index contributed by atoms with van der Waals surface area (Å²) in [5.41, 5.74) is -7.12. The molecule has 0 N–H and O–H groups in total. The van der Waals surface area contributed by atoms with Crippen LogP contribution in [0.15, 0.2) is 36.5 Å². The Hall–Kier alpha value is -2.26. The van der Waals surface area contributed by atoms with Gasteiger partial charge >= 0.3 is 18.5 Å². The molecule has 0 atom stereocenters. The van der Waals surface area contributed by atoms with Crippen molar-refractivity contribution in [2.45, 2.75) is 18.5 Å². The van der Waals surface area contributed by atoms with E-state index in [1.807, 2.05) is 0 Å². The van der Waals surface area contributed by atoms with Crippen LogP contribution in [0.3, 0.4) is 0 Å². The maximum atomic E-state index is 13.1. The van der Waals surface area contributed by atoms with Gasteiger partial charge in [-0.25, -0.2) is 0 Å². The quantitative estimate of drug-likeness (QED) is 0.586. The summed E-state index contributed by atoms with van der Waals surface area (Å²) in [6, 6.07) is 1.75. The minimum atomic E-state index is -5.29. The van der Waals surface area contributed by atoms with Crippen LogP contribution in [0.5, 0.6) is 0 Å². The molecule has 10 heteroatoms. The van der Waals surface area contributed by atoms with Crippen LogP contribution in [0.1, 0.15) is 16.7 Å². The van der Waals surface area contributed by atoms with Gasteiger partial charge in [0, 0.05) is 11.8 Å². The van der Waals surface area contributed by atoms with Gasteiger partial charge in [-0.3, -0.25) is 4.98 Å². The Labute approximate surface area is 128 Å². The Morgan fingerprint density at radius 3 is 1.75 bits per heavy atom. The summed E-state index contributed by atoms with van der Waals surface area (Å²) in [5, 5.41) is 0. The van der Waals surface area contributed by atoms with E-state index in [2.05, 4.69) is 4.98 Å². The van der Waals surface area contributed by atoms with E-state index in [1.54, 1.807) is 0 Å². The van der Waals surface area contributed by atoms with Crippen LogP contribution in [-0.4, -0.2) is 4.98 Å². The average molecular weight is 359 g/mol. The number of hydrogen-bond acceptors (Lipinski definition) is 1. The fourth-order valence-corrected chi connectivity index (χ4v) is 2.01. The molecular weight excluding hydrogens is 353 g/mol. The SMILES string of the molecule is FC(F)(F)c1ccc(-c2ncccc2C(F)(F)F)c(C(F)(F)F)c1. The number of hydrogen-bond donors (Lipinski definition) is 0. The van der Waals surface area contributed by atoms with E-state index in [9.17, 15) is 39.5 Å². The summed E-state index contributed by atoms with van der Waals surface area (Å²) in [6.07, 6.45) is -14.6. The maximum absolute atomic E-state index is 13.1. The Morgan fingerprint density at radius 2 is 1.25 bits per heavy atom. The number of aromatic nitrogens is 1. The highest BCUT2D eigenvalue weighted by Crippen LogP contribution is 2.43. The fraction of sp³-hybridized carbons (Fsp3) is 0.214. The highest BCUT2D eigenvalue weighted by molar-refractivity contribution is 5.69. The Morgan fingerprint density at radius 1 is 0.667 bits per heavy atom. The van der Waals surface area contributed by atoms with Gasteiger partial charge in [0.15, 0.2) is 0 Å². The maximum Gasteiger partial charge on any atom is 0.418 e. The van der Waals surface area contributed by atoms with Crippen LogP contribution in [-0.2, 0) is 18.5 Å². The van der Waals surface area contributed by atoms with E-state index in [0.717, 1.165) is 12.3 Å². The van der Waals surface area contributed by atoms with Crippen molar-refractivity contribution in [1.29, 1.82) is 0 Å². The summed E-state index contributed by atoms with van der Waals surface area (Å²) < 4.78 is 116. The van der Waals surface area contributed by atoms with Crippen molar-refractivity contribution in [3.63, 3.8) is 0 Å². The molecule has 0 bridgehead atoms. The molecule has 130 valence electrons. The van der Waals surface area contributed by atoms with E-state index in [0.29, 0.717) is 12.1 Å². The van der Waals surface area contributed by atoms with Gasteiger partial charge in [0.05, 0.1) is 22.4 Å². The molecule has 24 heavy (non-hydrogen) atoms. The van der Waals surface area contributed by atoms with Crippen molar-refractivity contribution in [3.8, 4) is 11.3 Å². The first-order chi connectivity index (χ1) is 10.8. The molecule has 0 aliphatic rings. The van der Waals surface area contributed by atoms with Crippen LogP contribution < -0.4 is 0 Å². The average Bonchev–Trinajstić information content (AvgIpc) is 2.44. The third-order valence-corrected chi connectivity index (χ3v) is 3.02. The van der Waals surface area contributed by atoms with Crippen LogP contribution in [0, 0.1) is 0 Å². The van der Waals surface area contributed by atoms with Crippen LogP contribution >= 0.6 is 0 Å². The highest BCUT2D eigenvalue weighted by Gasteiger charge is 2.41. The molecule has 0 spiro atoms. The van der Waals surface area contributed by atoms with Gasteiger partial charge in [0.2, 0.25) is 0 Å². The molecule has 2 rings (SSSR count). The molecular formula is C14H6F9N. The Kier molecular flexibility index (Phi) is 4.28. The molecule has 0 radical (unpaired) electrons. The largest absolute Gasteiger partial charge is 0.418 e. The Bertz CT molecular complexity index is 741. The normalized spacial score (nSPS) is 13.2. The van der Waals surface area contributed by atoms with Crippen molar-refractivity contribution < 1.29 is 39.5 Å². The summed E-state index contributed by atoms with van der Waals surface area (Å²) >= 11 is 0. The number of pyridine rings is 1. The van der Waals surface area contributed by atoms with Crippen molar-refractivity contribution >= 4 is 0 Å². The first-order valence-electron chi connectivity index (χ1n) is 6.13. The second-order valence-corrected chi connectivity index (χ2v) is 4.65. The number of nitrogens with zero attached hydrogens (tertiary/aromatic N) is 1. The van der Waals surface area contributed by atoms with Crippen molar-refractivity contribution in [2.24, 2.45) is 0 Å². The highest BCUT2D eigenvalue weighted by atomic mass is 19.4. The Balaban J connectivity index is 2.77. The van der Waals surface area contributed by atoms with Gasteiger partial charge in [-0.05, 0) is 24.3 Å². The molecule has 0 saturated carbocycles. The lowest BCUT2D eigenvalue weighted by atomic mass is 9.97. The number of halogens is 9. The lowest BCUT2D eigenvalue weighted by Gasteiger charge is -2.18. The minimum absolute atomic E-state index is 0.232. The molecule has 0 aliphatic heterocycles. The molecule has 1 aromatic carbocycles.